The highest BCUT2D eigenvalue weighted by Crippen LogP contribution is 2.39. The van der Waals surface area contributed by atoms with Crippen LogP contribution in [-0.4, -0.2) is 44.1 Å². The fourth-order valence-corrected chi connectivity index (χ4v) is 5.19. The van der Waals surface area contributed by atoms with Crippen molar-refractivity contribution in [2.24, 2.45) is 4.99 Å². The van der Waals surface area contributed by atoms with Gasteiger partial charge in [0.25, 0.3) is 0 Å². The van der Waals surface area contributed by atoms with Crippen LogP contribution in [0.2, 0.25) is 0 Å². The number of hydrogen-bond acceptors (Lipinski definition) is 7. The van der Waals surface area contributed by atoms with Gasteiger partial charge >= 0.3 is 18.1 Å². The van der Waals surface area contributed by atoms with E-state index in [2.05, 4.69) is 10.2 Å². The van der Waals surface area contributed by atoms with Gasteiger partial charge in [0.05, 0.1) is 12.1 Å². The molecule has 0 spiro atoms. The van der Waals surface area contributed by atoms with Gasteiger partial charge in [-0.2, -0.15) is 13.2 Å². The number of nitrogens with zero attached hydrogens (tertiary/aromatic N) is 4. The van der Waals surface area contributed by atoms with Gasteiger partial charge in [-0.25, -0.2) is 0 Å². The molecule has 0 fully saturated rings. The zero-order valence-electron chi connectivity index (χ0n) is 21.1. The van der Waals surface area contributed by atoms with Crippen molar-refractivity contribution >= 4 is 34.6 Å². The van der Waals surface area contributed by atoms with Crippen molar-refractivity contribution in [3.63, 3.8) is 0 Å². The third kappa shape index (κ3) is 5.43. The number of aryl methyl sites for hydroxylation is 2. The van der Waals surface area contributed by atoms with Gasteiger partial charge in [-0.3, -0.25) is 19.1 Å². The average molecular weight is 534 g/mol. The minimum atomic E-state index is -4.99. The van der Waals surface area contributed by atoms with Gasteiger partial charge < -0.3 is 10.1 Å². The van der Waals surface area contributed by atoms with Crippen molar-refractivity contribution in [1.82, 2.24) is 14.8 Å². The van der Waals surface area contributed by atoms with Crippen LogP contribution in [0.15, 0.2) is 29.3 Å². The van der Waals surface area contributed by atoms with E-state index in [0.29, 0.717) is 22.9 Å². The van der Waals surface area contributed by atoms with E-state index in [1.54, 1.807) is 32.9 Å². The van der Waals surface area contributed by atoms with Crippen LogP contribution in [-0.2, 0) is 14.3 Å². The van der Waals surface area contributed by atoms with Gasteiger partial charge in [0.1, 0.15) is 22.5 Å². The van der Waals surface area contributed by atoms with E-state index < -0.39 is 29.7 Å². The lowest BCUT2D eigenvalue weighted by Gasteiger charge is -2.21. The summed E-state index contributed by atoms with van der Waals surface area (Å²) in [6, 6.07) is 5.23. The fraction of sp³-hybridized carbons (Fsp3) is 0.400. The molecule has 4 rings (SSSR count). The lowest BCUT2D eigenvalue weighted by Crippen LogP contribution is -2.29. The Morgan fingerprint density at radius 2 is 1.73 bits per heavy atom. The summed E-state index contributed by atoms with van der Waals surface area (Å²) >= 11 is 1.54. The van der Waals surface area contributed by atoms with Crippen LogP contribution in [0, 0.1) is 20.8 Å². The first kappa shape index (κ1) is 26.5. The van der Waals surface area contributed by atoms with Crippen molar-refractivity contribution in [2.45, 2.75) is 65.8 Å². The van der Waals surface area contributed by atoms with Gasteiger partial charge in [0.2, 0.25) is 0 Å². The second-order valence-corrected chi connectivity index (χ2v) is 10.9. The number of alkyl halides is 3. The molecule has 1 N–H and O–H groups in total. The molecule has 3 heterocycles. The number of ether oxygens (including phenoxy) is 1. The van der Waals surface area contributed by atoms with Crippen molar-refractivity contribution < 1.29 is 27.5 Å². The monoisotopic (exact) mass is 533 g/mol. The van der Waals surface area contributed by atoms with Gasteiger partial charge in [0.15, 0.2) is 5.82 Å². The van der Waals surface area contributed by atoms with E-state index in [0.717, 1.165) is 21.0 Å². The van der Waals surface area contributed by atoms with Gasteiger partial charge in [-0.05, 0) is 59.2 Å². The number of nitrogens with one attached hydrogen (secondary N) is 1. The number of aliphatic imine (C=N–C) groups is 1. The van der Waals surface area contributed by atoms with Crippen LogP contribution < -0.4 is 5.32 Å². The molecule has 1 amide bonds. The number of rotatable bonds is 4. The molecular formula is C25H26F3N5O3S. The second kappa shape index (κ2) is 9.40. The van der Waals surface area contributed by atoms with Crippen LogP contribution >= 0.6 is 11.3 Å². The first-order valence-electron chi connectivity index (χ1n) is 11.5. The number of esters is 1. The van der Waals surface area contributed by atoms with Gasteiger partial charge in [-0.15, -0.1) is 21.5 Å². The summed E-state index contributed by atoms with van der Waals surface area (Å²) in [5, 5.41) is 11.3. The molecular weight excluding hydrogens is 507 g/mol. The van der Waals surface area contributed by atoms with E-state index >= 15 is 0 Å². The molecule has 2 aromatic heterocycles. The molecule has 8 nitrogen and oxygen atoms in total. The highest BCUT2D eigenvalue weighted by atomic mass is 32.1. The minimum absolute atomic E-state index is 0.00276. The zero-order valence-corrected chi connectivity index (χ0v) is 22.0. The number of hydrogen-bond donors (Lipinski definition) is 1. The molecule has 0 saturated carbocycles. The largest absolute Gasteiger partial charge is 0.471 e. The molecule has 37 heavy (non-hydrogen) atoms. The summed E-state index contributed by atoms with van der Waals surface area (Å²) < 4.78 is 45.4. The molecule has 0 saturated heterocycles. The average Bonchev–Trinajstić information content (AvgIpc) is 3.25. The Morgan fingerprint density at radius 3 is 2.32 bits per heavy atom. The van der Waals surface area contributed by atoms with Crippen LogP contribution in [0.5, 0.6) is 0 Å². The van der Waals surface area contributed by atoms with Crippen LogP contribution in [0.4, 0.5) is 18.9 Å². The molecule has 0 bridgehead atoms. The summed E-state index contributed by atoms with van der Waals surface area (Å²) in [7, 11) is 0. The molecule has 12 heteroatoms. The number of thiophene rings is 1. The summed E-state index contributed by atoms with van der Waals surface area (Å²) in [5.74, 6) is -1.37. The molecule has 0 unspecified atom stereocenters. The van der Waals surface area contributed by atoms with Crippen molar-refractivity contribution in [2.75, 3.05) is 5.32 Å². The summed E-state index contributed by atoms with van der Waals surface area (Å²) in [4.78, 5) is 30.1. The summed E-state index contributed by atoms with van der Waals surface area (Å²) in [6.45, 7) is 11.1. The van der Waals surface area contributed by atoms with Crippen LogP contribution in [0.25, 0.3) is 5.00 Å². The molecule has 1 atom stereocenters. The Kier molecular flexibility index (Phi) is 6.74. The summed E-state index contributed by atoms with van der Waals surface area (Å²) in [5.41, 5.74) is 2.29. The third-order valence-corrected chi connectivity index (χ3v) is 6.89. The Bertz CT molecular complexity index is 1400. The maximum atomic E-state index is 12.8. The maximum Gasteiger partial charge on any atom is 0.471 e. The van der Waals surface area contributed by atoms with Crippen LogP contribution in [0.3, 0.4) is 0 Å². The lowest BCUT2D eigenvalue weighted by atomic mass is 9.99. The molecule has 3 aromatic rings. The number of amides is 1. The van der Waals surface area contributed by atoms with E-state index in [-0.39, 0.29) is 12.1 Å². The normalized spacial score (nSPS) is 15.4. The highest BCUT2D eigenvalue weighted by molar-refractivity contribution is 7.15. The van der Waals surface area contributed by atoms with E-state index in [4.69, 9.17) is 9.73 Å². The topological polar surface area (TPSA) is 98.5 Å². The van der Waals surface area contributed by atoms with E-state index in [1.165, 1.54) is 23.5 Å². The van der Waals surface area contributed by atoms with Crippen molar-refractivity contribution in [3.05, 3.63) is 57.5 Å². The number of fused-ring (bicyclic) bond motifs is 3. The first-order chi connectivity index (χ1) is 17.2. The Labute approximate surface area is 215 Å². The molecule has 196 valence electrons. The predicted octanol–water partition coefficient (Wildman–Crippen LogP) is 5.38. The Hall–Kier alpha value is -3.54. The quantitative estimate of drug-likeness (QED) is 0.454. The number of carbonyl (C=O) groups is 2. The standard InChI is InChI=1S/C25H26F3N5O3S/c1-12-13(2)37-22-19(12)20(15-7-9-16(10-8-15)29-23(35)25(26,27)28)30-17(11-18(34)36-24(4,5)6)21-32-31-14(3)33(21)22/h7-10,17H,11H2,1-6H3,(H,29,35)/t17-/m0/s1. The molecule has 1 aromatic carbocycles. The van der Waals surface area contributed by atoms with E-state index in [9.17, 15) is 22.8 Å². The van der Waals surface area contributed by atoms with Gasteiger partial charge in [0, 0.05) is 21.7 Å². The van der Waals surface area contributed by atoms with E-state index in [1.807, 2.05) is 30.7 Å². The fourth-order valence-electron chi connectivity index (χ4n) is 3.98. The summed E-state index contributed by atoms with van der Waals surface area (Å²) in [6.07, 6.45) is -5.07. The lowest BCUT2D eigenvalue weighted by molar-refractivity contribution is -0.167. The highest BCUT2D eigenvalue weighted by Gasteiger charge is 2.39. The van der Waals surface area contributed by atoms with Gasteiger partial charge in [-0.1, -0.05) is 12.1 Å². The number of carbonyl (C=O) groups excluding carboxylic acids is 2. The minimum Gasteiger partial charge on any atom is -0.460 e. The zero-order chi connectivity index (χ0) is 27.3. The number of anilines is 1. The molecule has 0 radical (unpaired) electrons. The number of aromatic nitrogens is 3. The Balaban J connectivity index is 1.81. The smallest absolute Gasteiger partial charge is 0.460 e. The third-order valence-electron chi connectivity index (χ3n) is 5.69. The van der Waals surface area contributed by atoms with Crippen molar-refractivity contribution in [1.29, 1.82) is 0 Å². The Morgan fingerprint density at radius 1 is 1.08 bits per heavy atom. The molecule has 1 aliphatic heterocycles. The molecule has 1 aliphatic rings. The second-order valence-electron chi connectivity index (χ2n) is 9.72. The SMILES string of the molecule is Cc1sc2c(c1C)C(c1ccc(NC(=O)C(F)(F)F)cc1)=N[C@@H](CC(=O)OC(C)(C)C)c1nnc(C)n1-2. The number of halogens is 3. The number of benzene rings is 1. The molecule has 0 aliphatic carbocycles. The predicted molar refractivity (Wildman–Crippen MR) is 133 cm³/mol. The first-order valence-corrected chi connectivity index (χ1v) is 12.3. The van der Waals surface area contributed by atoms with Crippen molar-refractivity contribution in [3.8, 4) is 5.00 Å². The van der Waals surface area contributed by atoms with Crippen LogP contribution in [0.1, 0.15) is 66.5 Å². The maximum absolute atomic E-state index is 12.8.